The summed E-state index contributed by atoms with van der Waals surface area (Å²) in [6.07, 6.45) is -2.15. The Morgan fingerprint density at radius 3 is 2.00 bits per heavy atom. The zero-order chi connectivity index (χ0) is 11.5. The van der Waals surface area contributed by atoms with Crippen LogP contribution in [0.1, 0.15) is 0 Å². The zero-order valence-corrected chi connectivity index (χ0v) is 7.47. The molecule has 10 heteroatoms. The number of carbonyl (C=O) groups is 2. The highest BCUT2D eigenvalue weighted by molar-refractivity contribution is 7.80. The Labute approximate surface area is 78.6 Å². The minimum atomic E-state index is -4.99. The topological polar surface area (TPSA) is 170 Å². The Morgan fingerprint density at radius 1 is 1.36 bits per heavy atom. The molecule has 82 valence electrons. The summed E-state index contributed by atoms with van der Waals surface area (Å²) in [5.41, 5.74) is 9.47. The van der Waals surface area contributed by atoms with E-state index in [1.165, 1.54) is 0 Å². The number of amides is 1. The predicted octanol–water partition coefficient (Wildman–Crippen LogP) is -2.93. The van der Waals surface area contributed by atoms with E-state index in [-0.39, 0.29) is 0 Å². The van der Waals surface area contributed by atoms with Gasteiger partial charge in [0, 0.05) is 0 Å². The predicted molar refractivity (Wildman–Crippen MR) is 41.2 cm³/mol. The summed E-state index contributed by atoms with van der Waals surface area (Å²) in [5, 5.41) is 8.31. The lowest BCUT2D eigenvalue weighted by Crippen LogP contribution is -2.51. The third-order valence-corrected chi connectivity index (χ3v) is 1.57. The normalized spacial score (nSPS) is 15.9. The van der Waals surface area contributed by atoms with E-state index in [4.69, 9.17) is 15.4 Å². The molecule has 0 rings (SSSR count). The molecule has 0 saturated heterocycles. The fourth-order valence-corrected chi connectivity index (χ4v) is 1.02. The van der Waals surface area contributed by atoms with Crippen LogP contribution in [0.5, 0.6) is 0 Å². The summed E-state index contributed by atoms with van der Waals surface area (Å²) in [6.45, 7) is 0. The van der Waals surface area contributed by atoms with Crippen LogP contribution in [0.25, 0.3) is 0 Å². The lowest BCUT2D eigenvalue weighted by atomic mass is 10.2. The third-order valence-electron chi connectivity index (χ3n) is 1.12. The van der Waals surface area contributed by atoms with Crippen LogP contribution in [-0.4, -0.2) is 42.1 Å². The highest BCUT2D eigenvalue weighted by Gasteiger charge is 2.33. The van der Waals surface area contributed by atoms with Gasteiger partial charge < -0.3 is 16.6 Å². The van der Waals surface area contributed by atoms with Crippen molar-refractivity contribution < 1.29 is 31.8 Å². The molecule has 14 heavy (non-hydrogen) atoms. The lowest BCUT2D eigenvalue weighted by molar-refractivity contribution is -0.144. The van der Waals surface area contributed by atoms with Crippen molar-refractivity contribution in [3.8, 4) is 0 Å². The standard InChI is InChI=1S/C4H8N2O7S/c5-1(4(8)9)2(3(6)7)13-14(10,11)12/h1-2H,5H2,(H2,6,7)(H,8,9)(H,10,11,12)/t1-,2+/m1/s1. The van der Waals surface area contributed by atoms with Gasteiger partial charge in [-0.3, -0.25) is 14.1 Å². The third kappa shape index (κ3) is 4.13. The van der Waals surface area contributed by atoms with Crippen molar-refractivity contribution in [1.82, 2.24) is 0 Å². The average Bonchev–Trinajstić information content (AvgIpc) is 1.96. The van der Waals surface area contributed by atoms with Crippen molar-refractivity contribution in [2.75, 3.05) is 0 Å². The molecule has 0 spiro atoms. The first-order valence-corrected chi connectivity index (χ1v) is 4.45. The molecule has 0 saturated carbocycles. The number of carbonyl (C=O) groups excluding carboxylic acids is 1. The van der Waals surface area contributed by atoms with Gasteiger partial charge in [0.25, 0.3) is 0 Å². The quantitative estimate of drug-likeness (QED) is 0.362. The van der Waals surface area contributed by atoms with Crippen LogP contribution in [0.2, 0.25) is 0 Å². The van der Waals surface area contributed by atoms with Gasteiger partial charge in [-0.2, -0.15) is 8.42 Å². The molecule has 0 aromatic rings. The zero-order valence-electron chi connectivity index (χ0n) is 6.65. The van der Waals surface area contributed by atoms with Crippen LogP contribution < -0.4 is 11.5 Å². The summed E-state index contributed by atoms with van der Waals surface area (Å²) in [6, 6.07) is -1.98. The number of hydrogen-bond donors (Lipinski definition) is 4. The van der Waals surface area contributed by atoms with Crippen molar-refractivity contribution in [2.45, 2.75) is 12.1 Å². The van der Waals surface area contributed by atoms with Crippen LogP contribution in [0.4, 0.5) is 0 Å². The van der Waals surface area contributed by atoms with E-state index in [2.05, 4.69) is 9.92 Å². The fourth-order valence-electron chi connectivity index (χ4n) is 0.545. The summed E-state index contributed by atoms with van der Waals surface area (Å²) in [5.74, 6) is -3.12. The molecule has 0 unspecified atom stereocenters. The second-order valence-electron chi connectivity index (χ2n) is 2.21. The van der Waals surface area contributed by atoms with Crippen LogP contribution in [0.3, 0.4) is 0 Å². The second-order valence-corrected chi connectivity index (χ2v) is 3.26. The minimum Gasteiger partial charge on any atom is -0.480 e. The van der Waals surface area contributed by atoms with E-state index in [0.29, 0.717) is 0 Å². The molecule has 0 aliphatic heterocycles. The molecule has 0 bridgehead atoms. The molecular weight excluding hydrogens is 220 g/mol. The van der Waals surface area contributed by atoms with Crippen molar-refractivity contribution >= 4 is 22.3 Å². The molecule has 0 aliphatic carbocycles. The number of primary amides is 1. The molecule has 0 aliphatic rings. The minimum absolute atomic E-state index is 1.42. The van der Waals surface area contributed by atoms with E-state index < -0.39 is 34.4 Å². The van der Waals surface area contributed by atoms with E-state index in [9.17, 15) is 18.0 Å². The second kappa shape index (κ2) is 4.32. The summed E-state index contributed by atoms with van der Waals surface area (Å²) < 4.78 is 32.1. The molecule has 0 aromatic heterocycles. The molecule has 0 aromatic carbocycles. The SMILES string of the molecule is NC(=O)[C@@H](OS(=O)(=O)O)[C@@H](N)C(=O)O. The Kier molecular flexibility index (Phi) is 3.94. The van der Waals surface area contributed by atoms with Gasteiger partial charge >= 0.3 is 16.4 Å². The van der Waals surface area contributed by atoms with Crippen LogP contribution in [0.15, 0.2) is 0 Å². The summed E-state index contributed by atoms with van der Waals surface area (Å²) in [7, 11) is -4.99. The van der Waals surface area contributed by atoms with E-state index in [0.717, 1.165) is 0 Å². The van der Waals surface area contributed by atoms with E-state index in [1.807, 2.05) is 0 Å². The van der Waals surface area contributed by atoms with Gasteiger partial charge in [-0.1, -0.05) is 0 Å². The Balaban J connectivity index is 4.79. The van der Waals surface area contributed by atoms with Gasteiger partial charge in [0.1, 0.15) is 6.04 Å². The molecule has 6 N–H and O–H groups in total. The first kappa shape index (κ1) is 12.8. The van der Waals surface area contributed by atoms with Crippen LogP contribution in [0, 0.1) is 0 Å². The van der Waals surface area contributed by atoms with Gasteiger partial charge in [-0.05, 0) is 0 Å². The Bertz CT molecular complexity index is 336. The van der Waals surface area contributed by atoms with E-state index >= 15 is 0 Å². The van der Waals surface area contributed by atoms with Gasteiger partial charge in [0.15, 0.2) is 6.10 Å². The van der Waals surface area contributed by atoms with Gasteiger partial charge in [-0.25, -0.2) is 4.18 Å². The maximum atomic E-state index is 10.5. The smallest absolute Gasteiger partial charge is 0.398 e. The first-order valence-electron chi connectivity index (χ1n) is 3.08. The van der Waals surface area contributed by atoms with Gasteiger partial charge in [0.05, 0.1) is 0 Å². The number of carboxylic acids is 1. The highest BCUT2D eigenvalue weighted by Crippen LogP contribution is 2.01. The van der Waals surface area contributed by atoms with E-state index in [1.54, 1.807) is 0 Å². The summed E-state index contributed by atoms with van der Waals surface area (Å²) in [4.78, 5) is 20.7. The maximum Gasteiger partial charge on any atom is 0.398 e. The molecule has 0 fully saturated rings. The van der Waals surface area contributed by atoms with Crippen molar-refractivity contribution in [3.05, 3.63) is 0 Å². The molecular formula is C4H8N2O7S. The molecule has 1 amide bonds. The first-order chi connectivity index (χ1) is 6.15. The monoisotopic (exact) mass is 228 g/mol. The summed E-state index contributed by atoms with van der Waals surface area (Å²) >= 11 is 0. The molecule has 2 atom stereocenters. The van der Waals surface area contributed by atoms with Crippen molar-refractivity contribution in [2.24, 2.45) is 11.5 Å². The average molecular weight is 228 g/mol. The number of hydrogen-bond acceptors (Lipinski definition) is 6. The van der Waals surface area contributed by atoms with Crippen LogP contribution >= 0.6 is 0 Å². The van der Waals surface area contributed by atoms with Crippen molar-refractivity contribution in [1.29, 1.82) is 0 Å². The largest absolute Gasteiger partial charge is 0.480 e. The fraction of sp³-hybridized carbons (Fsp3) is 0.500. The van der Waals surface area contributed by atoms with Gasteiger partial charge in [-0.15, -0.1) is 0 Å². The van der Waals surface area contributed by atoms with Crippen molar-refractivity contribution in [3.63, 3.8) is 0 Å². The number of rotatable bonds is 5. The number of nitrogens with two attached hydrogens (primary N) is 2. The Hall–Kier alpha value is -1.23. The lowest BCUT2D eigenvalue weighted by Gasteiger charge is -2.15. The molecule has 0 radical (unpaired) electrons. The maximum absolute atomic E-state index is 10.5. The molecule has 0 heterocycles. The highest BCUT2D eigenvalue weighted by atomic mass is 32.3. The number of aliphatic carboxylic acids is 1. The molecule has 9 nitrogen and oxygen atoms in total. The Morgan fingerprint density at radius 2 is 1.79 bits per heavy atom. The van der Waals surface area contributed by atoms with Crippen LogP contribution in [-0.2, 0) is 24.2 Å². The number of carboxylic acid groups (broad SMARTS) is 1. The van der Waals surface area contributed by atoms with Gasteiger partial charge in [0.2, 0.25) is 5.91 Å².